The Morgan fingerprint density at radius 1 is 1.00 bits per heavy atom. The second-order valence-corrected chi connectivity index (χ2v) is 5.74. The number of benzene rings is 1. The van der Waals surface area contributed by atoms with Gasteiger partial charge in [-0.05, 0) is 37.7 Å². The molecule has 0 unspecified atom stereocenters. The number of unbranched alkanes of at least 4 members (excludes halogenated alkanes) is 1. The van der Waals surface area contributed by atoms with Crippen LogP contribution in [-0.4, -0.2) is 18.8 Å². The van der Waals surface area contributed by atoms with Gasteiger partial charge in [0, 0.05) is 13.2 Å². The van der Waals surface area contributed by atoms with Gasteiger partial charge in [-0.1, -0.05) is 49.6 Å². The predicted molar refractivity (Wildman–Crippen MR) is 80.2 cm³/mol. The third kappa shape index (κ3) is 4.63. The lowest BCUT2D eigenvalue weighted by Gasteiger charge is -2.36. The molecule has 1 aromatic carbocycles. The smallest absolute Gasteiger partial charge is 0.0804 e. The van der Waals surface area contributed by atoms with E-state index in [1.807, 2.05) is 0 Å². The highest BCUT2D eigenvalue weighted by molar-refractivity contribution is 5.14. The molecule has 1 fully saturated rings. The largest absolute Gasteiger partial charge is 0.374 e. The number of hydrogen-bond donors (Lipinski definition) is 1. The zero-order valence-corrected chi connectivity index (χ0v) is 11.9. The first-order chi connectivity index (χ1) is 9.35. The fourth-order valence-electron chi connectivity index (χ4n) is 2.97. The number of ether oxygens (including phenoxy) is 1. The monoisotopic (exact) mass is 261 g/mol. The summed E-state index contributed by atoms with van der Waals surface area (Å²) in [6.07, 6.45) is 9.70. The molecule has 2 N–H and O–H groups in total. The van der Waals surface area contributed by atoms with Crippen LogP contribution < -0.4 is 5.73 Å². The van der Waals surface area contributed by atoms with E-state index in [-0.39, 0.29) is 5.60 Å². The zero-order chi connectivity index (χ0) is 13.4. The minimum Gasteiger partial charge on any atom is -0.374 e. The van der Waals surface area contributed by atoms with Crippen LogP contribution in [0.5, 0.6) is 0 Å². The lowest BCUT2D eigenvalue weighted by molar-refractivity contribution is -0.0642. The number of rotatable bonds is 7. The van der Waals surface area contributed by atoms with E-state index in [4.69, 9.17) is 10.5 Å². The quantitative estimate of drug-likeness (QED) is 0.760. The third-order valence-electron chi connectivity index (χ3n) is 4.25. The predicted octanol–water partition coefficient (Wildman–Crippen LogP) is 3.69. The van der Waals surface area contributed by atoms with Gasteiger partial charge in [0.1, 0.15) is 0 Å². The zero-order valence-electron chi connectivity index (χ0n) is 11.9. The fraction of sp³-hybridized carbons (Fsp3) is 0.647. The number of nitrogens with two attached hydrogens (primary N) is 1. The van der Waals surface area contributed by atoms with Crippen molar-refractivity contribution in [3.05, 3.63) is 35.9 Å². The van der Waals surface area contributed by atoms with Gasteiger partial charge < -0.3 is 10.5 Å². The fourth-order valence-corrected chi connectivity index (χ4v) is 2.97. The van der Waals surface area contributed by atoms with Crippen LogP contribution in [0.4, 0.5) is 0 Å². The number of hydrogen-bond acceptors (Lipinski definition) is 2. The Morgan fingerprint density at radius 2 is 1.74 bits per heavy atom. The van der Waals surface area contributed by atoms with Crippen LogP contribution in [0.3, 0.4) is 0 Å². The molecule has 0 aromatic heterocycles. The summed E-state index contributed by atoms with van der Waals surface area (Å²) in [6, 6.07) is 10.7. The molecule has 1 saturated carbocycles. The summed E-state index contributed by atoms with van der Waals surface area (Å²) in [5.41, 5.74) is 7.35. The first-order valence-corrected chi connectivity index (χ1v) is 7.73. The van der Waals surface area contributed by atoms with Crippen LogP contribution in [-0.2, 0) is 11.2 Å². The van der Waals surface area contributed by atoms with E-state index in [1.54, 1.807) is 0 Å². The lowest BCUT2D eigenvalue weighted by Crippen LogP contribution is -2.42. The summed E-state index contributed by atoms with van der Waals surface area (Å²) in [7, 11) is 0. The Bertz CT molecular complexity index is 344. The van der Waals surface area contributed by atoms with Gasteiger partial charge in [0.15, 0.2) is 0 Å². The highest BCUT2D eigenvalue weighted by Gasteiger charge is 2.30. The first-order valence-electron chi connectivity index (χ1n) is 7.73. The molecule has 1 aliphatic carbocycles. The average Bonchev–Trinajstić information content (AvgIpc) is 2.49. The Hall–Kier alpha value is -0.860. The van der Waals surface area contributed by atoms with Gasteiger partial charge >= 0.3 is 0 Å². The molecule has 2 rings (SSSR count). The van der Waals surface area contributed by atoms with Crippen molar-refractivity contribution in [1.29, 1.82) is 0 Å². The normalized spacial score (nSPS) is 18.4. The van der Waals surface area contributed by atoms with Crippen LogP contribution >= 0.6 is 0 Å². The molecule has 0 radical (unpaired) electrons. The van der Waals surface area contributed by atoms with Crippen molar-refractivity contribution >= 4 is 0 Å². The average molecular weight is 261 g/mol. The molecule has 1 aliphatic rings. The second kappa shape index (κ2) is 7.66. The molecule has 0 saturated heterocycles. The minimum atomic E-state index is 0.00496. The Balaban J connectivity index is 1.63. The van der Waals surface area contributed by atoms with Crippen molar-refractivity contribution in [3.8, 4) is 0 Å². The second-order valence-electron chi connectivity index (χ2n) is 5.74. The van der Waals surface area contributed by atoms with E-state index < -0.39 is 0 Å². The Labute approximate surface area is 117 Å². The SMILES string of the molecule is NCC1(OCCCCc2ccccc2)CCCCC1. The highest BCUT2D eigenvalue weighted by Crippen LogP contribution is 2.30. The van der Waals surface area contributed by atoms with Crippen molar-refractivity contribution in [2.45, 2.75) is 57.0 Å². The maximum Gasteiger partial charge on any atom is 0.0804 e. The minimum absolute atomic E-state index is 0.00496. The molecule has 106 valence electrons. The molecule has 0 bridgehead atoms. The standard InChI is InChI=1S/C17H27NO/c18-15-17(12-6-2-7-13-17)19-14-8-5-11-16-9-3-1-4-10-16/h1,3-4,9-10H,2,5-8,11-15,18H2. The molecule has 0 atom stereocenters. The van der Waals surface area contributed by atoms with Gasteiger partial charge in [-0.25, -0.2) is 0 Å². The molecule has 0 heterocycles. The van der Waals surface area contributed by atoms with Crippen molar-refractivity contribution in [1.82, 2.24) is 0 Å². The number of aryl methyl sites for hydroxylation is 1. The van der Waals surface area contributed by atoms with Gasteiger partial charge in [0.2, 0.25) is 0 Å². The molecule has 0 spiro atoms. The summed E-state index contributed by atoms with van der Waals surface area (Å²) in [5.74, 6) is 0. The third-order valence-corrected chi connectivity index (χ3v) is 4.25. The van der Waals surface area contributed by atoms with Crippen molar-refractivity contribution in [2.24, 2.45) is 5.73 Å². The van der Waals surface area contributed by atoms with Crippen LogP contribution in [0.2, 0.25) is 0 Å². The van der Waals surface area contributed by atoms with Gasteiger partial charge in [-0.2, -0.15) is 0 Å². The maximum atomic E-state index is 6.13. The van der Waals surface area contributed by atoms with E-state index in [9.17, 15) is 0 Å². The van der Waals surface area contributed by atoms with Gasteiger partial charge in [0.25, 0.3) is 0 Å². The lowest BCUT2D eigenvalue weighted by atomic mass is 9.84. The van der Waals surface area contributed by atoms with Crippen LogP contribution in [0, 0.1) is 0 Å². The maximum absolute atomic E-state index is 6.13. The molecule has 1 aromatic rings. The molecule has 2 heteroatoms. The van der Waals surface area contributed by atoms with E-state index in [1.165, 1.54) is 31.2 Å². The molecule has 0 amide bonds. The van der Waals surface area contributed by atoms with E-state index >= 15 is 0 Å². The van der Waals surface area contributed by atoms with E-state index in [0.29, 0.717) is 6.54 Å². The molecule has 2 nitrogen and oxygen atoms in total. The summed E-state index contributed by atoms with van der Waals surface area (Å²) in [5, 5.41) is 0. The first kappa shape index (κ1) is 14.5. The molecular formula is C17H27NO. The summed E-state index contributed by atoms with van der Waals surface area (Å²) < 4.78 is 6.13. The summed E-state index contributed by atoms with van der Waals surface area (Å²) in [6.45, 7) is 1.55. The Kier molecular flexibility index (Phi) is 5.87. The highest BCUT2D eigenvalue weighted by atomic mass is 16.5. The van der Waals surface area contributed by atoms with Crippen molar-refractivity contribution < 1.29 is 4.74 Å². The van der Waals surface area contributed by atoms with E-state index in [2.05, 4.69) is 30.3 Å². The summed E-state index contributed by atoms with van der Waals surface area (Å²) in [4.78, 5) is 0. The van der Waals surface area contributed by atoms with Crippen LogP contribution in [0.25, 0.3) is 0 Å². The summed E-state index contributed by atoms with van der Waals surface area (Å²) >= 11 is 0. The molecular weight excluding hydrogens is 234 g/mol. The van der Waals surface area contributed by atoms with Crippen LogP contribution in [0.1, 0.15) is 50.5 Å². The van der Waals surface area contributed by atoms with Crippen molar-refractivity contribution in [3.63, 3.8) is 0 Å². The van der Waals surface area contributed by atoms with Crippen molar-refractivity contribution in [2.75, 3.05) is 13.2 Å². The van der Waals surface area contributed by atoms with Gasteiger partial charge in [-0.3, -0.25) is 0 Å². The van der Waals surface area contributed by atoms with Crippen LogP contribution in [0.15, 0.2) is 30.3 Å². The van der Waals surface area contributed by atoms with Gasteiger partial charge in [0.05, 0.1) is 5.60 Å². The molecule has 0 aliphatic heterocycles. The van der Waals surface area contributed by atoms with E-state index in [0.717, 1.165) is 32.3 Å². The topological polar surface area (TPSA) is 35.2 Å². The van der Waals surface area contributed by atoms with Gasteiger partial charge in [-0.15, -0.1) is 0 Å². The molecule has 19 heavy (non-hydrogen) atoms. The Morgan fingerprint density at radius 3 is 2.42 bits per heavy atom.